The number of ether oxygens (including phenoxy) is 2. The average molecular weight is 252 g/mol. The second kappa shape index (κ2) is 7.42. The van der Waals surface area contributed by atoms with Gasteiger partial charge in [0.15, 0.2) is 0 Å². The summed E-state index contributed by atoms with van der Waals surface area (Å²) in [6.07, 6.45) is 1.26. The van der Waals surface area contributed by atoms with Crippen LogP contribution in [0.3, 0.4) is 0 Å². The summed E-state index contributed by atoms with van der Waals surface area (Å²) < 4.78 is 10.1. The third kappa shape index (κ3) is 4.95. The first-order valence-electron chi connectivity index (χ1n) is 5.99. The lowest BCUT2D eigenvalue weighted by atomic mass is 10.2. The Balaban J connectivity index is 2.54. The molecule has 0 saturated carbocycles. The van der Waals surface area contributed by atoms with Crippen LogP contribution >= 0.6 is 0 Å². The molecule has 0 amide bonds. The van der Waals surface area contributed by atoms with Gasteiger partial charge in [0, 0.05) is 30.1 Å². The zero-order valence-corrected chi connectivity index (χ0v) is 10.9. The van der Waals surface area contributed by atoms with Crippen molar-refractivity contribution in [2.75, 3.05) is 31.3 Å². The van der Waals surface area contributed by atoms with Crippen molar-refractivity contribution < 1.29 is 14.3 Å². The third-order valence-electron chi connectivity index (χ3n) is 2.29. The van der Waals surface area contributed by atoms with E-state index in [4.69, 9.17) is 10.5 Å². The fourth-order valence-corrected chi connectivity index (χ4v) is 1.44. The van der Waals surface area contributed by atoms with Crippen molar-refractivity contribution in [3.05, 3.63) is 18.2 Å². The van der Waals surface area contributed by atoms with E-state index < -0.39 is 0 Å². The normalized spacial score (nSPS) is 9.89. The average Bonchev–Trinajstić information content (AvgIpc) is 2.35. The molecule has 1 aromatic carbocycles. The molecular formula is C13H20N2O3. The molecule has 0 saturated heterocycles. The smallest absolute Gasteiger partial charge is 0.307 e. The molecule has 0 aliphatic carbocycles. The van der Waals surface area contributed by atoms with Crippen LogP contribution in [-0.2, 0) is 9.53 Å². The van der Waals surface area contributed by atoms with Crippen LogP contribution in [0.25, 0.3) is 0 Å². The standard InChI is InChI=1S/C13H20N2O3/c1-3-6-18-12-8-10(14)7-11(9-12)15-5-4-13(16)17-2/h7-9,15H,3-6,14H2,1-2H3. The van der Waals surface area contributed by atoms with Crippen LogP contribution in [0.15, 0.2) is 18.2 Å². The van der Waals surface area contributed by atoms with Gasteiger partial charge in [0.25, 0.3) is 0 Å². The van der Waals surface area contributed by atoms with Crippen LogP contribution in [0.2, 0.25) is 0 Å². The Morgan fingerprint density at radius 1 is 1.39 bits per heavy atom. The number of hydrogen-bond donors (Lipinski definition) is 2. The highest BCUT2D eigenvalue weighted by Crippen LogP contribution is 2.22. The molecule has 0 atom stereocenters. The van der Waals surface area contributed by atoms with E-state index >= 15 is 0 Å². The lowest BCUT2D eigenvalue weighted by Crippen LogP contribution is -2.10. The molecule has 0 aliphatic rings. The van der Waals surface area contributed by atoms with Crippen LogP contribution in [-0.4, -0.2) is 26.2 Å². The first-order chi connectivity index (χ1) is 8.65. The molecule has 1 aromatic rings. The van der Waals surface area contributed by atoms with Crippen molar-refractivity contribution in [3.8, 4) is 5.75 Å². The molecule has 1 rings (SSSR count). The van der Waals surface area contributed by atoms with Crippen molar-refractivity contribution in [2.24, 2.45) is 0 Å². The number of nitrogens with one attached hydrogen (secondary N) is 1. The van der Waals surface area contributed by atoms with E-state index in [-0.39, 0.29) is 5.97 Å². The van der Waals surface area contributed by atoms with Crippen LogP contribution in [0, 0.1) is 0 Å². The number of hydrogen-bond acceptors (Lipinski definition) is 5. The van der Waals surface area contributed by atoms with E-state index in [9.17, 15) is 4.79 Å². The van der Waals surface area contributed by atoms with Gasteiger partial charge in [-0.05, 0) is 12.5 Å². The zero-order valence-electron chi connectivity index (χ0n) is 10.9. The Bertz CT molecular complexity index is 394. The largest absolute Gasteiger partial charge is 0.493 e. The highest BCUT2D eigenvalue weighted by Gasteiger charge is 2.02. The molecule has 0 aromatic heterocycles. The molecule has 0 bridgehead atoms. The highest BCUT2D eigenvalue weighted by molar-refractivity contribution is 5.70. The van der Waals surface area contributed by atoms with Gasteiger partial charge in [-0.1, -0.05) is 6.92 Å². The number of esters is 1. The third-order valence-corrected chi connectivity index (χ3v) is 2.29. The van der Waals surface area contributed by atoms with Crippen LogP contribution in [0.4, 0.5) is 11.4 Å². The fourth-order valence-electron chi connectivity index (χ4n) is 1.44. The van der Waals surface area contributed by atoms with Crippen molar-refractivity contribution in [1.82, 2.24) is 0 Å². The molecule has 3 N–H and O–H groups in total. The van der Waals surface area contributed by atoms with Gasteiger partial charge >= 0.3 is 5.97 Å². The number of rotatable bonds is 7. The topological polar surface area (TPSA) is 73.6 Å². The van der Waals surface area contributed by atoms with Gasteiger partial charge < -0.3 is 20.5 Å². The Hall–Kier alpha value is -1.91. The molecule has 100 valence electrons. The molecule has 0 fully saturated rings. The molecular weight excluding hydrogens is 232 g/mol. The number of anilines is 2. The summed E-state index contributed by atoms with van der Waals surface area (Å²) in [5.41, 5.74) is 7.24. The van der Waals surface area contributed by atoms with Crippen molar-refractivity contribution in [2.45, 2.75) is 19.8 Å². The quantitative estimate of drug-likeness (QED) is 0.574. The summed E-state index contributed by atoms with van der Waals surface area (Å²) in [4.78, 5) is 11.0. The number of carbonyl (C=O) groups is 1. The number of nitrogen functional groups attached to an aromatic ring is 1. The summed E-state index contributed by atoms with van der Waals surface area (Å²) >= 11 is 0. The SMILES string of the molecule is CCCOc1cc(N)cc(NCCC(=O)OC)c1. The highest BCUT2D eigenvalue weighted by atomic mass is 16.5. The molecule has 5 nitrogen and oxygen atoms in total. The maximum absolute atomic E-state index is 11.0. The van der Waals surface area contributed by atoms with E-state index in [1.165, 1.54) is 7.11 Å². The molecule has 5 heteroatoms. The number of carbonyl (C=O) groups excluding carboxylic acids is 1. The van der Waals surface area contributed by atoms with Crippen LogP contribution in [0.1, 0.15) is 19.8 Å². The molecule has 0 spiro atoms. The van der Waals surface area contributed by atoms with Crippen LogP contribution < -0.4 is 15.8 Å². The number of methoxy groups -OCH3 is 1. The van der Waals surface area contributed by atoms with Gasteiger partial charge in [-0.2, -0.15) is 0 Å². The van der Waals surface area contributed by atoms with E-state index in [0.29, 0.717) is 25.3 Å². The number of benzene rings is 1. The van der Waals surface area contributed by atoms with E-state index in [0.717, 1.165) is 17.9 Å². The van der Waals surface area contributed by atoms with E-state index in [2.05, 4.69) is 10.1 Å². The first-order valence-corrected chi connectivity index (χ1v) is 5.99. The maximum atomic E-state index is 11.0. The van der Waals surface area contributed by atoms with Crippen LogP contribution in [0.5, 0.6) is 5.75 Å². The summed E-state index contributed by atoms with van der Waals surface area (Å²) in [6.45, 7) is 3.20. The Kier molecular flexibility index (Phi) is 5.84. The van der Waals surface area contributed by atoms with Crippen molar-refractivity contribution in [1.29, 1.82) is 0 Å². The lowest BCUT2D eigenvalue weighted by Gasteiger charge is -2.10. The molecule has 0 unspecified atom stereocenters. The van der Waals surface area contributed by atoms with Gasteiger partial charge in [0.05, 0.1) is 20.1 Å². The fraction of sp³-hybridized carbons (Fsp3) is 0.462. The van der Waals surface area contributed by atoms with Gasteiger partial charge in [0.2, 0.25) is 0 Å². The van der Waals surface area contributed by atoms with E-state index in [1.807, 2.05) is 13.0 Å². The predicted molar refractivity (Wildman–Crippen MR) is 71.8 cm³/mol. The van der Waals surface area contributed by atoms with Gasteiger partial charge in [0.1, 0.15) is 5.75 Å². The minimum Gasteiger partial charge on any atom is -0.493 e. The molecule has 18 heavy (non-hydrogen) atoms. The summed E-state index contributed by atoms with van der Waals surface area (Å²) in [5.74, 6) is 0.492. The Morgan fingerprint density at radius 2 is 2.17 bits per heavy atom. The summed E-state index contributed by atoms with van der Waals surface area (Å²) in [7, 11) is 1.37. The summed E-state index contributed by atoms with van der Waals surface area (Å²) in [5, 5.41) is 3.11. The predicted octanol–water partition coefficient (Wildman–Crippen LogP) is 2.03. The second-order valence-corrected chi connectivity index (χ2v) is 3.89. The Morgan fingerprint density at radius 3 is 2.83 bits per heavy atom. The first kappa shape index (κ1) is 14.2. The van der Waals surface area contributed by atoms with Crippen molar-refractivity contribution in [3.63, 3.8) is 0 Å². The number of nitrogens with two attached hydrogens (primary N) is 1. The minimum absolute atomic E-state index is 0.242. The molecule has 0 radical (unpaired) electrons. The van der Waals surface area contributed by atoms with Gasteiger partial charge in [-0.3, -0.25) is 4.79 Å². The van der Waals surface area contributed by atoms with Crippen molar-refractivity contribution >= 4 is 17.3 Å². The molecule has 0 heterocycles. The van der Waals surface area contributed by atoms with Gasteiger partial charge in [-0.15, -0.1) is 0 Å². The van der Waals surface area contributed by atoms with Gasteiger partial charge in [-0.25, -0.2) is 0 Å². The maximum Gasteiger partial charge on any atom is 0.307 e. The molecule has 0 aliphatic heterocycles. The summed E-state index contributed by atoms with van der Waals surface area (Å²) in [6, 6.07) is 5.44. The Labute approximate surface area is 107 Å². The zero-order chi connectivity index (χ0) is 13.4. The lowest BCUT2D eigenvalue weighted by molar-refractivity contribution is -0.140. The van der Waals surface area contributed by atoms with E-state index in [1.54, 1.807) is 12.1 Å². The monoisotopic (exact) mass is 252 g/mol. The second-order valence-electron chi connectivity index (χ2n) is 3.89. The minimum atomic E-state index is -0.242.